The van der Waals surface area contributed by atoms with E-state index in [0.29, 0.717) is 5.92 Å². The Morgan fingerprint density at radius 3 is 2.31 bits per heavy atom. The Morgan fingerprint density at radius 1 is 1.38 bits per heavy atom. The van der Waals surface area contributed by atoms with Crippen LogP contribution in [0.4, 0.5) is 4.79 Å². The molecule has 1 saturated carbocycles. The van der Waals surface area contributed by atoms with Crippen molar-refractivity contribution in [2.24, 2.45) is 17.6 Å². The quantitative estimate of drug-likeness (QED) is 0.778. The standard InChI is InChI=1S/C12H23NO3/c1-8(12(2,3)16-11(13)15)9-4-6-10(14)7-5-9/h8-10,14H,4-7H2,1-3H3,(H2,13,15). The zero-order valence-corrected chi connectivity index (χ0v) is 10.4. The SMILES string of the molecule is CC(C1CCC(O)CC1)C(C)(C)OC(N)=O. The van der Waals surface area contributed by atoms with Gasteiger partial charge in [0.15, 0.2) is 0 Å². The summed E-state index contributed by atoms with van der Waals surface area (Å²) in [5.41, 5.74) is 4.54. The van der Waals surface area contributed by atoms with Crippen molar-refractivity contribution in [3.63, 3.8) is 0 Å². The molecule has 1 aliphatic carbocycles. The molecule has 0 saturated heterocycles. The van der Waals surface area contributed by atoms with Gasteiger partial charge in [0.1, 0.15) is 5.60 Å². The summed E-state index contributed by atoms with van der Waals surface area (Å²) in [5, 5.41) is 9.45. The minimum absolute atomic E-state index is 0.149. The van der Waals surface area contributed by atoms with E-state index in [-0.39, 0.29) is 12.0 Å². The summed E-state index contributed by atoms with van der Waals surface area (Å²) in [6.45, 7) is 5.88. The van der Waals surface area contributed by atoms with Crippen LogP contribution in [0.25, 0.3) is 0 Å². The molecule has 1 amide bonds. The zero-order valence-electron chi connectivity index (χ0n) is 10.4. The third-order valence-electron chi connectivity index (χ3n) is 3.91. The van der Waals surface area contributed by atoms with E-state index in [2.05, 4.69) is 6.92 Å². The summed E-state index contributed by atoms with van der Waals surface area (Å²) < 4.78 is 5.16. The first-order valence-electron chi connectivity index (χ1n) is 5.99. The van der Waals surface area contributed by atoms with Crippen LogP contribution in [-0.4, -0.2) is 22.9 Å². The van der Waals surface area contributed by atoms with Gasteiger partial charge in [-0.05, 0) is 51.4 Å². The van der Waals surface area contributed by atoms with Gasteiger partial charge in [-0.1, -0.05) is 6.92 Å². The molecule has 0 aromatic rings. The highest BCUT2D eigenvalue weighted by Crippen LogP contribution is 2.37. The van der Waals surface area contributed by atoms with Crippen molar-refractivity contribution in [3.8, 4) is 0 Å². The number of amides is 1. The van der Waals surface area contributed by atoms with Crippen LogP contribution in [-0.2, 0) is 4.74 Å². The van der Waals surface area contributed by atoms with Crippen molar-refractivity contribution in [1.82, 2.24) is 0 Å². The van der Waals surface area contributed by atoms with Gasteiger partial charge in [-0.15, -0.1) is 0 Å². The van der Waals surface area contributed by atoms with Crippen molar-refractivity contribution in [2.75, 3.05) is 0 Å². The first-order valence-corrected chi connectivity index (χ1v) is 5.99. The number of hydrogen-bond donors (Lipinski definition) is 2. The van der Waals surface area contributed by atoms with Gasteiger partial charge in [0.05, 0.1) is 6.10 Å². The van der Waals surface area contributed by atoms with E-state index in [1.807, 2.05) is 13.8 Å². The molecular formula is C12H23NO3. The van der Waals surface area contributed by atoms with Gasteiger partial charge >= 0.3 is 6.09 Å². The van der Waals surface area contributed by atoms with Crippen molar-refractivity contribution in [3.05, 3.63) is 0 Å². The van der Waals surface area contributed by atoms with Gasteiger partial charge in [0.2, 0.25) is 0 Å². The zero-order chi connectivity index (χ0) is 12.3. The lowest BCUT2D eigenvalue weighted by molar-refractivity contribution is -0.0304. The van der Waals surface area contributed by atoms with E-state index in [0.717, 1.165) is 25.7 Å². The van der Waals surface area contributed by atoms with Crippen LogP contribution >= 0.6 is 0 Å². The molecule has 1 unspecified atom stereocenters. The molecule has 1 rings (SSSR count). The second-order valence-electron chi connectivity index (χ2n) is 5.38. The normalized spacial score (nSPS) is 28.5. The van der Waals surface area contributed by atoms with Crippen molar-refractivity contribution in [1.29, 1.82) is 0 Å². The number of rotatable bonds is 3. The smallest absolute Gasteiger partial charge is 0.405 e. The molecule has 4 nitrogen and oxygen atoms in total. The molecule has 3 N–H and O–H groups in total. The van der Waals surface area contributed by atoms with Gasteiger partial charge < -0.3 is 15.6 Å². The van der Waals surface area contributed by atoms with Gasteiger partial charge in [-0.25, -0.2) is 4.79 Å². The predicted octanol–water partition coefficient (Wildman–Crippen LogP) is 2.05. The summed E-state index contributed by atoms with van der Waals surface area (Å²) >= 11 is 0. The third kappa shape index (κ3) is 3.37. The first kappa shape index (κ1) is 13.3. The average molecular weight is 229 g/mol. The lowest BCUT2D eigenvalue weighted by Gasteiger charge is -2.38. The molecule has 0 aromatic carbocycles. The largest absolute Gasteiger partial charge is 0.443 e. The van der Waals surface area contributed by atoms with E-state index in [4.69, 9.17) is 10.5 Å². The molecule has 0 aliphatic heterocycles. The summed E-state index contributed by atoms with van der Waals surface area (Å²) in [7, 11) is 0. The number of ether oxygens (including phenoxy) is 1. The molecule has 1 aliphatic rings. The molecular weight excluding hydrogens is 206 g/mol. The molecule has 0 aromatic heterocycles. The number of aliphatic hydroxyl groups excluding tert-OH is 1. The Labute approximate surface area is 97.2 Å². The van der Waals surface area contributed by atoms with Crippen molar-refractivity contribution >= 4 is 6.09 Å². The monoisotopic (exact) mass is 229 g/mol. The molecule has 16 heavy (non-hydrogen) atoms. The molecule has 0 heterocycles. The second kappa shape index (κ2) is 5.04. The topological polar surface area (TPSA) is 72.6 Å². The summed E-state index contributed by atoms with van der Waals surface area (Å²) in [6, 6.07) is 0. The van der Waals surface area contributed by atoms with Gasteiger partial charge in [-0.2, -0.15) is 0 Å². The minimum atomic E-state index is -0.715. The highest BCUT2D eigenvalue weighted by Gasteiger charge is 2.36. The summed E-state index contributed by atoms with van der Waals surface area (Å²) in [5.74, 6) is 0.755. The summed E-state index contributed by atoms with van der Waals surface area (Å²) in [6.07, 6.45) is 2.82. The van der Waals surface area contributed by atoms with Crippen LogP contribution in [0.5, 0.6) is 0 Å². The van der Waals surface area contributed by atoms with Crippen molar-refractivity contribution < 1.29 is 14.6 Å². The second-order valence-corrected chi connectivity index (χ2v) is 5.38. The molecule has 1 fully saturated rings. The van der Waals surface area contributed by atoms with E-state index in [9.17, 15) is 9.90 Å². The van der Waals surface area contributed by atoms with Crippen LogP contribution < -0.4 is 5.73 Å². The fourth-order valence-electron chi connectivity index (χ4n) is 2.52. The maximum absolute atomic E-state index is 10.8. The fraction of sp³-hybridized carbons (Fsp3) is 0.917. The Morgan fingerprint density at radius 2 is 1.88 bits per heavy atom. The molecule has 0 bridgehead atoms. The molecule has 0 radical (unpaired) electrons. The Hall–Kier alpha value is -0.770. The first-order chi connectivity index (χ1) is 7.33. The van der Waals surface area contributed by atoms with Gasteiger partial charge in [0.25, 0.3) is 0 Å². The minimum Gasteiger partial charge on any atom is -0.443 e. The lowest BCUT2D eigenvalue weighted by Crippen LogP contribution is -2.41. The molecule has 0 spiro atoms. The van der Waals surface area contributed by atoms with Crippen LogP contribution in [0.3, 0.4) is 0 Å². The van der Waals surface area contributed by atoms with Crippen LogP contribution in [0.15, 0.2) is 0 Å². The Bertz CT molecular complexity index is 245. The number of carbonyl (C=O) groups excluding carboxylic acids is 1. The molecule has 4 heteroatoms. The lowest BCUT2D eigenvalue weighted by atomic mass is 9.73. The number of carbonyl (C=O) groups is 1. The molecule has 94 valence electrons. The van der Waals surface area contributed by atoms with E-state index in [1.165, 1.54) is 0 Å². The van der Waals surface area contributed by atoms with E-state index >= 15 is 0 Å². The number of aliphatic hydroxyl groups is 1. The van der Waals surface area contributed by atoms with Gasteiger partial charge in [0, 0.05) is 0 Å². The van der Waals surface area contributed by atoms with Crippen LogP contribution in [0.2, 0.25) is 0 Å². The molecule has 1 atom stereocenters. The van der Waals surface area contributed by atoms with E-state index in [1.54, 1.807) is 0 Å². The maximum Gasteiger partial charge on any atom is 0.405 e. The number of primary amides is 1. The maximum atomic E-state index is 10.8. The third-order valence-corrected chi connectivity index (χ3v) is 3.91. The summed E-state index contributed by atoms with van der Waals surface area (Å²) in [4.78, 5) is 10.8. The number of hydrogen-bond acceptors (Lipinski definition) is 3. The van der Waals surface area contributed by atoms with E-state index < -0.39 is 11.7 Å². The van der Waals surface area contributed by atoms with Crippen LogP contribution in [0.1, 0.15) is 46.5 Å². The van der Waals surface area contributed by atoms with Gasteiger partial charge in [-0.3, -0.25) is 0 Å². The Balaban J connectivity index is 2.55. The van der Waals surface area contributed by atoms with Crippen LogP contribution in [0, 0.1) is 11.8 Å². The average Bonchev–Trinajstić information content (AvgIpc) is 2.16. The predicted molar refractivity (Wildman–Crippen MR) is 61.9 cm³/mol. The highest BCUT2D eigenvalue weighted by molar-refractivity contribution is 5.65. The van der Waals surface area contributed by atoms with Crippen molar-refractivity contribution in [2.45, 2.75) is 58.2 Å². The Kier molecular flexibility index (Phi) is 4.19. The number of nitrogens with two attached hydrogens (primary N) is 1. The highest BCUT2D eigenvalue weighted by atomic mass is 16.6. The fourth-order valence-corrected chi connectivity index (χ4v) is 2.52.